The summed E-state index contributed by atoms with van der Waals surface area (Å²) >= 11 is 1.00. The first-order valence-electron chi connectivity index (χ1n) is 9.61. The number of fused-ring (bicyclic) bond motifs is 2. The van der Waals surface area contributed by atoms with Gasteiger partial charge >= 0.3 is 0 Å². The molecule has 1 aliphatic carbocycles. The van der Waals surface area contributed by atoms with Crippen molar-refractivity contribution in [1.29, 1.82) is 0 Å². The summed E-state index contributed by atoms with van der Waals surface area (Å²) in [4.78, 5) is 4.11. The lowest BCUT2D eigenvalue weighted by Gasteiger charge is -2.16. The second-order valence-corrected chi connectivity index (χ2v) is 10.1. The Hall–Kier alpha value is -2.97. The monoisotopic (exact) mass is 436 g/mol. The van der Waals surface area contributed by atoms with E-state index in [1.165, 1.54) is 22.3 Å². The second kappa shape index (κ2) is 7.07. The number of aromatic nitrogens is 3. The van der Waals surface area contributed by atoms with Crippen LogP contribution in [-0.4, -0.2) is 22.3 Å². The number of nitrogens with one attached hydrogen (secondary N) is 1. The molecule has 0 fully saturated rings. The average Bonchev–Trinajstić information content (AvgIpc) is 3.34. The normalized spacial score (nSPS) is 16.3. The highest BCUT2D eigenvalue weighted by atomic mass is 32.2. The molecule has 0 amide bonds. The molecule has 0 spiro atoms. The molecule has 1 aliphatic rings. The standard InChI is InChI=1S/C22H20N4O2S2/c1-14-9-15-5-3-4-6-17(15)19(10-14)20-12-26(2)21-11-16(7-8-18(20)21)30(27,28)25-22-23-13-24-29-22/h3-9,11-14H,10H2,1-2H3,(H,23,24,25). The fourth-order valence-corrected chi connectivity index (χ4v) is 5.81. The largest absolute Gasteiger partial charge is 0.350 e. The maximum atomic E-state index is 12.8. The minimum Gasteiger partial charge on any atom is -0.350 e. The van der Waals surface area contributed by atoms with Crippen LogP contribution in [0.3, 0.4) is 0 Å². The third-order valence-corrected chi connectivity index (χ3v) is 7.50. The number of hydrogen-bond acceptors (Lipinski definition) is 5. The molecule has 152 valence electrons. The van der Waals surface area contributed by atoms with Crippen molar-refractivity contribution < 1.29 is 8.42 Å². The summed E-state index contributed by atoms with van der Waals surface area (Å²) in [5, 5.41) is 3.80. The van der Waals surface area contributed by atoms with E-state index in [0.717, 1.165) is 34.4 Å². The highest BCUT2D eigenvalue weighted by Gasteiger charge is 2.20. The molecule has 0 aliphatic heterocycles. The molecule has 0 bridgehead atoms. The molecule has 1 atom stereocenters. The molecular formula is C22H20N4O2S2. The predicted molar refractivity (Wildman–Crippen MR) is 120 cm³/mol. The van der Waals surface area contributed by atoms with E-state index in [1.807, 2.05) is 17.7 Å². The van der Waals surface area contributed by atoms with Gasteiger partial charge in [-0.3, -0.25) is 4.72 Å². The van der Waals surface area contributed by atoms with E-state index < -0.39 is 10.0 Å². The summed E-state index contributed by atoms with van der Waals surface area (Å²) in [6.07, 6.45) is 6.69. The van der Waals surface area contributed by atoms with Crippen molar-refractivity contribution in [3.8, 4) is 0 Å². The highest BCUT2D eigenvalue weighted by molar-refractivity contribution is 7.93. The van der Waals surface area contributed by atoms with Crippen molar-refractivity contribution in [1.82, 2.24) is 13.9 Å². The number of hydrogen-bond donors (Lipinski definition) is 1. The molecule has 0 radical (unpaired) electrons. The topological polar surface area (TPSA) is 76.9 Å². The summed E-state index contributed by atoms with van der Waals surface area (Å²) in [6, 6.07) is 13.7. The Bertz CT molecular complexity index is 1490. The van der Waals surface area contributed by atoms with Crippen molar-refractivity contribution in [2.45, 2.75) is 18.2 Å². The molecule has 2 aromatic carbocycles. The first-order valence-corrected chi connectivity index (χ1v) is 11.9. The number of benzene rings is 2. The lowest BCUT2D eigenvalue weighted by molar-refractivity contribution is 0.601. The van der Waals surface area contributed by atoms with Gasteiger partial charge in [0.05, 0.1) is 4.90 Å². The van der Waals surface area contributed by atoms with Crippen LogP contribution in [0.2, 0.25) is 0 Å². The zero-order chi connectivity index (χ0) is 20.9. The Labute approximate surface area is 178 Å². The molecule has 8 heteroatoms. The van der Waals surface area contributed by atoms with Gasteiger partial charge in [0.25, 0.3) is 10.0 Å². The van der Waals surface area contributed by atoms with E-state index in [9.17, 15) is 8.42 Å². The van der Waals surface area contributed by atoms with Crippen molar-refractivity contribution in [3.63, 3.8) is 0 Å². The van der Waals surface area contributed by atoms with Gasteiger partial charge in [-0.05, 0) is 40.5 Å². The number of anilines is 1. The van der Waals surface area contributed by atoms with Crippen LogP contribution in [-0.2, 0) is 17.1 Å². The van der Waals surface area contributed by atoms with E-state index in [0.29, 0.717) is 5.92 Å². The maximum absolute atomic E-state index is 12.8. The minimum absolute atomic E-state index is 0.202. The van der Waals surface area contributed by atoms with Gasteiger partial charge in [0, 0.05) is 41.2 Å². The number of sulfonamides is 1. The Morgan fingerprint density at radius 3 is 2.83 bits per heavy atom. The lowest BCUT2D eigenvalue weighted by atomic mass is 9.88. The molecule has 5 rings (SSSR count). The van der Waals surface area contributed by atoms with E-state index >= 15 is 0 Å². The van der Waals surface area contributed by atoms with Gasteiger partial charge in [-0.1, -0.05) is 43.3 Å². The van der Waals surface area contributed by atoms with E-state index in [-0.39, 0.29) is 10.0 Å². The van der Waals surface area contributed by atoms with Crippen molar-refractivity contribution in [2.75, 3.05) is 4.72 Å². The molecule has 1 unspecified atom stereocenters. The molecule has 2 aromatic heterocycles. The van der Waals surface area contributed by atoms with Gasteiger partial charge in [-0.2, -0.15) is 4.37 Å². The highest BCUT2D eigenvalue weighted by Crippen LogP contribution is 2.32. The SMILES string of the molecule is CC1C=c2ccccc2=C(c2cn(C)c3cc(S(=O)(=O)Nc4ncns4)ccc23)C1. The zero-order valence-corrected chi connectivity index (χ0v) is 18.2. The van der Waals surface area contributed by atoms with E-state index in [1.54, 1.807) is 12.1 Å². The first kappa shape index (κ1) is 19.0. The van der Waals surface area contributed by atoms with Gasteiger partial charge in [-0.15, -0.1) is 0 Å². The summed E-state index contributed by atoms with van der Waals surface area (Å²) in [6.45, 7) is 2.23. The van der Waals surface area contributed by atoms with Crippen LogP contribution in [0.4, 0.5) is 5.13 Å². The van der Waals surface area contributed by atoms with E-state index in [4.69, 9.17) is 0 Å². The summed E-state index contributed by atoms with van der Waals surface area (Å²) in [7, 11) is -1.78. The Kier molecular flexibility index (Phi) is 4.48. The van der Waals surface area contributed by atoms with Crippen LogP contribution >= 0.6 is 11.5 Å². The molecule has 6 nitrogen and oxygen atoms in total. The lowest BCUT2D eigenvalue weighted by Crippen LogP contribution is -2.31. The molecule has 4 aromatic rings. The van der Waals surface area contributed by atoms with Crippen molar-refractivity contribution in [2.24, 2.45) is 13.0 Å². The number of rotatable bonds is 4. The fourth-order valence-electron chi connectivity index (χ4n) is 4.13. The number of aryl methyl sites for hydroxylation is 1. The minimum atomic E-state index is -3.73. The van der Waals surface area contributed by atoms with Crippen LogP contribution in [0, 0.1) is 5.92 Å². The van der Waals surface area contributed by atoms with Crippen molar-refractivity contribution in [3.05, 3.63) is 71.0 Å². The van der Waals surface area contributed by atoms with Crippen LogP contribution in [0.1, 0.15) is 18.9 Å². The third kappa shape index (κ3) is 3.22. The molecule has 1 N–H and O–H groups in total. The van der Waals surface area contributed by atoms with Gasteiger partial charge in [0.1, 0.15) is 6.33 Å². The fraction of sp³-hybridized carbons (Fsp3) is 0.182. The van der Waals surface area contributed by atoms with Crippen LogP contribution < -0.4 is 15.2 Å². The molecular weight excluding hydrogens is 416 g/mol. The average molecular weight is 437 g/mol. The second-order valence-electron chi connectivity index (χ2n) is 7.60. The van der Waals surface area contributed by atoms with Gasteiger partial charge < -0.3 is 4.57 Å². The summed E-state index contributed by atoms with van der Waals surface area (Å²) < 4.78 is 33.9. The Morgan fingerprint density at radius 1 is 1.20 bits per heavy atom. The molecule has 2 heterocycles. The van der Waals surface area contributed by atoms with Crippen LogP contribution in [0.5, 0.6) is 0 Å². The third-order valence-electron chi connectivity index (χ3n) is 5.46. The summed E-state index contributed by atoms with van der Waals surface area (Å²) in [5.41, 5.74) is 3.33. The Balaban J connectivity index is 1.66. The smallest absolute Gasteiger partial charge is 0.263 e. The maximum Gasteiger partial charge on any atom is 0.263 e. The molecule has 30 heavy (non-hydrogen) atoms. The predicted octanol–water partition coefficient (Wildman–Crippen LogP) is 2.85. The molecule has 0 saturated carbocycles. The summed E-state index contributed by atoms with van der Waals surface area (Å²) in [5.74, 6) is 0.445. The molecule has 0 saturated heterocycles. The zero-order valence-electron chi connectivity index (χ0n) is 16.5. The Morgan fingerprint density at radius 2 is 2.03 bits per heavy atom. The van der Waals surface area contributed by atoms with Gasteiger partial charge in [-0.25, -0.2) is 13.4 Å². The number of nitrogens with zero attached hydrogens (tertiary/aromatic N) is 3. The van der Waals surface area contributed by atoms with Gasteiger partial charge in [0.15, 0.2) is 0 Å². The van der Waals surface area contributed by atoms with Crippen LogP contribution in [0.25, 0.3) is 22.6 Å². The van der Waals surface area contributed by atoms with Crippen molar-refractivity contribution >= 4 is 49.2 Å². The van der Waals surface area contributed by atoms with Crippen LogP contribution in [0.15, 0.2) is 59.9 Å². The quantitative estimate of drug-likeness (QED) is 0.534. The van der Waals surface area contributed by atoms with Gasteiger partial charge in [0.2, 0.25) is 5.13 Å². The van der Waals surface area contributed by atoms with E-state index in [2.05, 4.69) is 57.5 Å². The first-order chi connectivity index (χ1) is 14.4.